The number of amides is 1. The Bertz CT molecular complexity index is 582. The molecule has 0 aliphatic heterocycles. The number of carbonyl (C=O) groups is 1. The van der Waals surface area contributed by atoms with Crippen LogP contribution in [0.4, 0.5) is 13.2 Å². The summed E-state index contributed by atoms with van der Waals surface area (Å²) < 4.78 is 40.4. The second-order valence-corrected chi connectivity index (χ2v) is 7.09. The Balaban J connectivity index is 1.93. The minimum Gasteiger partial charge on any atom is -0.356 e. The van der Waals surface area contributed by atoms with Gasteiger partial charge in [-0.25, -0.2) is 0 Å². The molecule has 9 heteroatoms. The van der Waals surface area contributed by atoms with Crippen molar-refractivity contribution in [2.75, 3.05) is 27.2 Å². The first-order valence-electron chi connectivity index (χ1n) is 7.95. The molecule has 1 heterocycles. The third-order valence-corrected chi connectivity index (χ3v) is 4.60. The molecule has 0 radical (unpaired) electrons. The molecule has 0 atom stereocenters. The SMILES string of the molecule is CN(C)CCCNC(=O)CCn1nc(C(F)(F)F)c(Br)c1C1CC1. The first-order valence-corrected chi connectivity index (χ1v) is 8.74. The van der Waals surface area contributed by atoms with Crippen LogP contribution in [-0.2, 0) is 17.5 Å². The van der Waals surface area contributed by atoms with Crippen LogP contribution in [0.3, 0.4) is 0 Å². The molecule has 1 aliphatic rings. The maximum Gasteiger partial charge on any atom is 0.436 e. The maximum atomic E-state index is 13.0. The zero-order valence-corrected chi connectivity index (χ0v) is 15.4. The molecule has 136 valence electrons. The van der Waals surface area contributed by atoms with Gasteiger partial charge < -0.3 is 10.2 Å². The van der Waals surface area contributed by atoms with Crippen molar-refractivity contribution in [2.45, 2.75) is 44.3 Å². The smallest absolute Gasteiger partial charge is 0.356 e. The first-order chi connectivity index (χ1) is 11.2. The average Bonchev–Trinajstić information content (AvgIpc) is 3.24. The van der Waals surface area contributed by atoms with Crippen LogP contribution in [-0.4, -0.2) is 47.8 Å². The second kappa shape index (κ2) is 7.86. The number of carbonyl (C=O) groups excluding carboxylic acids is 1. The van der Waals surface area contributed by atoms with Crippen molar-refractivity contribution in [1.82, 2.24) is 20.0 Å². The number of hydrogen-bond donors (Lipinski definition) is 1. The van der Waals surface area contributed by atoms with Gasteiger partial charge in [-0.1, -0.05) is 0 Å². The van der Waals surface area contributed by atoms with Crippen LogP contribution in [0.25, 0.3) is 0 Å². The van der Waals surface area contributed by atoms with Crippen LogP contribution in [0, 0.1) is 0 Å². The summed E-state index contributed by atoms with van der Waals surface area (Å²) in [5.41, 5.74) is -0.349. The minimum atomic E-state index is -4.50. The maximum absolute atomic E-state index is 13.0. The van der Waals surface area contributed by atoms with Crippen molar-refractivity contribution < 1.29 is 18.0 Å². The first kappa shape index (κ1) is 19.2. The van der Waals surface area contributed by atoms with E-state index in [9.17, 15) is 18.0 Å². The fraction of sp³-hybridized carbons (Fsp3) is 0.733. The third-order valence-electron chi connectivity index (χ3n) is 3.82. The van der Waals surface area contributed by atoms with Crippen LogP contribution in [0.2, 0.25) is 0 Å². The van der Waals surface area contributed by atoms with E-state index in [0.29, 0.717) is 12.2 Å². The lowest BCUT2D eigenvalue weighted by atomic mass is 10.2. The highest BCUT2D eigenvalue weighted by Crippen LogP contribution is 2.46. The van der Waals surface area contributed by atoms with Crippen molar-refractivity contribution >= 4 is 21.8 Å². The third kappa shape index (κ3) is 5.20. The van der Waals surface area contributed by atoms with Gasteiger partial charge in [0.25, 0.3) is 0 Å². The van der Waals surface area contributed by atoms with Crippen molar-refractivity contribution in [3.63, 3.8) is 0 Å². The van der Waals surface area contributed by atoms with Gasteiger partial charge in [0.15, 0.2) is 5.69 Å². The van der Waals surface area contributed by atoms with Gasteiger partial charge in [-0.2, -0.15) is 18.3 Å². The number of hydrogen-bond acceptors (Lipinski definition) is 3. The quantitative estimate of drug-likeness (QED) is 0.670. The summed E-state index contributed by atoms with van der Waals surface area (Å²) >= 11 is 3.04. The molecule has 0 spiro atoms. The van der Waals surface area contributed by atoms with Crippen molar-refractivity contribution in [3.05, 3.63) is 15.9 Å². The normalized spacial score (nSPS) is 15.1. The van der Waals surface area contributed by atoms with Gasteiger partial charge in [-0.15, -0.1) is 0 Å². The highest BCUT2D eigenvalue weighted by Gasteiger charge is 2.41. The Kier molecular flexibility index (Phi) is 6.30. The van der Waals surface area contributed by atoms with E-state index in [1.54, 1.807) is 0 Å². The fourth-order valence-electron chi connectivity index (χ4n) is 2.47. The van der Waals surface area contributed by atoms with Crippen LogP contribution < -0.4 is 5.32 Å². The van der Waals surface area contributed by atoms with Gasteiger partial charge in [0.1, 0.15) is 0 Å². The Morgan fingerprint density at radius 3 is 2.62 bits per heavy atom. The molecule has 1 fully saturated rings. The molecule has 1 aliphatic carbocycles. The predicted molar refractivity (Wildman–Crippen MR) is 87.7 cm³/mol. The number of halogens is 4. The molecule has 0 aromatic carbocycles. The van der Waals surface area contributed by atoms with E-state index in [-0.39, 0.29) is 29.3 Å². The van der Waals surface area contributed by atoms with Crippen molar-refractivity contribution in [1.29, 1.82) is 0 Å². The summed E-state index contributed by atoms with van der Waals surface area (Å²) in [6.45, 7) is 1.58. The number of nitrogens with zero attached hydrogens (tertiary/aromatic N) is 3. The molecule has 1 saturated carbocycles. The summed E-state index contributed by atoms with van der Waals surface area (Å²) in [7, 11) is 3.91. The number of aryl methyl sites for hydroxylation is 1. The summed E-state index contributed by atoms with van der Waals surface area (Å²) in [5, 5.41) is 6.48. The Labute approximate surface area is 147 Å². The molecule has 1 aromatic heterocycles. The molecule has 5 nitrogen and oxygen atoms in total. The molecule has 0 unspecified atom stereocenters. The van der Waals surface area contributed by atoms with Gasteiger partial charge in [-0.3, -0.25) is 9.48 Å². The lowest BCUT2D eigenvalue weighted by molar-refractivity contribution is -0.142. The van der Waals surface area contributed by atoms with E-state index in [4.69, 9.17) is 0 Å². The molecular weight excluding hydrogens is 389 g/mol. The molecule has 2 rings (SSSR count). The lowest BCUT2D eigenvalue weighted by Gasteiger charge is -2.10. The van der Waals surface area contributed by atoms with Gasteiger partial charge in [-0.05, 0) is 55.8 Å². The van der Waals surface area contributed by atoms with E-state index in [1.165, 1.54) is 4.68 Å². The second-order valence-electron chi connectivity index (χ2n) is 6.30. The molecule has 1 aromatic rings. The van der Waals surface area contributed by atoms with Crippen LogP contribution >= 0.6 is 15.9 Å². The monoisotopic (exact) mass is 410 g/mol. The van der Waals surface area contributed by atoms with E-state index in [1.807, 2.05) is 19.0 Å². The zero-order valence-electron chi connectivity index (χ0n) is 13.8. The summed E-state index contributed by atoms with van der Waals surface area (Å²) in [6.07, 6.45) is -1.83. The van der Waals surface area contributed by atoms with Crippen molar-refractivity contribution in [3.8, 4) is 0 Å². The van der Waals surface area contributed by atoms with Gasteiger partial charge in [0, 0.05) is 18.9 Å². The van der Waals surface area contributed by atoms with Gasteiger partial charge >= 0.3 is 6.18 Å². The highest BCUT2D eigenvalue weighted by atomic mass is 79.9. The minimum absolute atomic E-state index is 0.0175. The molecule has 0 bridgehead atoms. The molecule has 1 amide bonds. The van der Waals surface area contributed by atoms with Crippen LogP contribution in [0.15, 0.2) is 4.47 Å². The topological polar surface area (TPSA) is 50.2 Å². The summed E-state index contributed by atoms with van der Waals surface area (Å²) in [4.78, 5) is 13.9. The zero-order chi connectivity index (χ0) is 17.9. The molecule has 0 saturated heterocycles. The van der Waals surface area contributed by atoms with Crippen molar-refractivity contribution in [2.24, 2.45) is 0 Å². The van der Waals surface area contributed by atoms with E-state index in [2.05, 4.69) is 26.3 Å². The summed E-state index contributed by atoms with van der Waals surface area (Å²) in [5.74, 6) is -0.0678. The lowest BCUT2D eigenvalue weighted by Crippen LogP contribution is -2.28. The molecular formula is C15H22BrF3N4O. The number of nitrogens with one attached hydrogen (secondary N) is 1. The van der Waals surface area contributed by atoms with Crippen LogP contribution in [0.5, 0.6) is 0 Å². The summed E-state index contributed by atoms with van der Waals surface area (Å²) in [6, 6.07) is 0. The Hall–Kier alpha value is -1.09. The fourth-order valence-corrected chi connectivity index (χ4v) is 3.30. The Morgan fingerprint density at radius 1 is 1.42 bits per heavy atom. The largest absolute Gasteiger partial charge is 0.436 e. The number of aromatic nitrogens is 2. The highest BCUT2D eigenvalue weighted by molar-refractivity contribution is 9.10. The number of rotatable bonds is 8. The molecule has 1 N–H and O–H groups in total. The number of alkyl halides is 3. The van der Waals surface area contributed by atoms with E-state index >= 15 is 0 Å². The van der Waals surface area contributed by atoms with Gasteiger partial charge in [0.2, 0.25) is 5.91 Å². The van der Waals surface area contributed by atoms with E-state index in [0.717, 1.165) is 25.8 Å². The average molecular weight is 411 g/mol. The molecule has 24 heavy (non-hydrogen) atoms. The predicted octanol–water partition coefficient (Wildman–Crippen LogP) is 3.00. The van der Waals surface area contributed by atoms with E-state index < -0.39 is 11.9 Å². The Morgan fingerprint density at radius 2 is 2.08 bits per heavy atom. The van der Waals surface area contributed by atoms with Gasteiger partial charge in [0.05, 0.1) is 16.7 Å². The standard InChI is InChI=1S/C15H22BrF3N4O/c1-22(2)8-3-7-20-11(24)6-9-23-13(10-4-5-10)12(16)14(21-23)15(17,18)19/h10H,3-9H2,1-2H3,(H,20,24). The van der Waals surface area contributed by atoms with Crippen LogP contribution in [0.1, 0.15) is 43.0 Å².